The molecular formula is C19H14Cl2N4O2S. The predicted octanol–water partition coefficient (Wildman–Crippen LogP) is 5.33. The van der Waals surface area contributed by atoms with E-state index in [9.17, 15) is 4.79 Å². The fraction of sp³-hybridized carbons (Fsp3) is 0.105. The monoisotopic (exact) mass is 432 g/mol. The average Bonchev–Trinajstić information content (AvgIpc) is 3.24. The maximum Gasteiger partial charge on any atom is 0.276 e. The van der Waals surface area contributed by atoms with Crippen molar-refractivity contribution >= 4 is 51.2 Å². The van der Waals surface area contributed by atoms with Gasteiger partial charge in [0.2, 0.25) is 0 Å². The van der Waals surface area contributed by atoms with Crippen LogP contribution in [0.15, 0.2) is 41.9 Å². The minimum absolute atomic E-state index is 0.304. The topological polar surface area (TPSA) is 68.5 Å². The van der Waals surface area contributed by atoms with Crippen molar-refractivity contribution in [3.63, 3.8) is 0 Å². The largest absolute Gasteiger partial charge is 0.493 e. The lowest BCUT2D eigenvalue weighted by atomic mass is 10.2. The van der Waals surface area contributed by atoms with E-state index in [1.165, 1.54) is 11.3 Å². The second-order valence-corrected chi connectivity index (χ2v) is 7.63. The summed E-state index contributed by atoms with van der Waals surface area (Å²) in [5.41, 5.74) is 3.02. The highest BCUT2D eigenvalue weighted by Crippen LogP contribution is 2.32. The van der Waals surface area contributed by atoms with Crippen molar-refractivity contribution in [3.8, 4) is 17.0 Å². The molecule has 0 bridgehead atoms. The van der Waals surface area contributed by atoms with E-state index in [1.807, 2.05) is 5.38 Å². The van der Waals surface area contributed by atoms with E-state index in [2.05, 4.69) is 15.3 Å². The molecule has 3 aromatic heterocycles. The third kappa shape index (κ3) is 3.32. The number of methoxy groups -OCH3 is 1. The lowest BCUT2D eigenvalue weighted by Crippen LogP contribution is -2.15. The molecule has 0 fully saturated rings. The number of aryl methyl sites for hydroxylation is 1. The Labute approximate surface area is 174 Å². The highest BCUT2D eigenvalue weighted by atomic mass is 35.5. The Balaban J connectivity index is 1.64. The van der Waals surface area contributed by atoms with E-state index in [0.29, 0.717) is 43.7 Å². The van der Waals surface area contributed by atoms with E-state index in [4.69, 9.17) is 27.9 Å². The number of nitrogens with one attached hydrogen (secondary N) is 1. The lowest BCUT2D eigenvalue weighted by molar-refractivity contribution is 0.102. The molecule has 1 amide bonds. The molecule has 0 atom stereocenters. The van der Waals surface area contributed by atoms with Crippen LogP contribution in [-0.2, 0) is 0 Å². The second kappa shape index (κ2) is 7.43. The average molecular weight is 433 g/mol. The molecule has 6 nitrogen and oxygen atoms in total. The summed E-state index contributed by atoms with van der Waals surface area (Å²) >= 11 is 13.5. The molecule has 9 heteroatoms. The predicted molar refractivity (Wildman–Crippen MR) is 112 cm³/mol. The number of amides is 1. The number of carbonyl (C=O) groups excluding carboxylic acids is 1. The van der Waals surface area contributed by atoms with Gasteiger partial charge in [-0.05, 0) is 37.3 Å². The van der Waals surface area contributed by atoms with Crippen molar-refractivity contribution in [2.24, 2.45) is 0 Å². The van der Waals surface area contributed by atoms with Gasteiger partial charge in [0.15, 0.2) is 16.5 Å². The van der Waals surface area contributed by atoms with Crippen molar-refractivity contribution in [1.82, 2.24) is 14.4 Å². The molecule has 3 heterocycles. The van der Waals surface area contributed by atoms with Crippen LogP contribution >= 0.6 is 34.5 Å². The molecular weight excluding hydrogens is 419 g/mol. The molecule has 1 N–H and O–H groups in total. The summed E-state index contributed by atoms with van der Waals surface area (Å²) in [4.78, 5) is 21.8. The summed E-state index contributed by atoms with van der Waals surface area (Å²) in [6.45, 7) is 1.78. The summed E-state index contributed by atoms with van der Waals surface area (Å²) in [7, 11) is 1.57. The Kier molecular flexibility index (Phi) is 4.97. The van der Waals surface area contributed by atoms with Crippen LogP contribution < -0.4 is 10.1 Å². The van der Waals surface area contributed by atoms with Gasteiger partial charge in [0.25, 0.3) is 5.91 Å². The van der Waals surface area contributed by atoms with Crippen LogP contribution in [0.3, 0.4) is 0 Å². The Bertz CT molecular complexity index is 1200. The number of ether oxygens (including phenoxy) is 1. The molecule has 0 aliphatic rings. The standard InChI is InChI=1S/C19H14Cl2N4O2S/c1-10-16(25-7-3-4-15(27-2)17(25)22-10)18(26)24-19-23-14(9-28-19)12-6-5-11(20)8-13(12)21/h3-9H,1-2H3,(H,23,24,26). The molecule has 0 aliphatic heterocycles. The molecule has 0 saturated carbocycles. The number of carbonyl (C=O) groups is 1. The highest BCUT2D eigenvalue weighted by Gasteiger charge is 2.20. The van der Waals surface area contributed by atoms with Gasteiger partial charge in [-0.15, -0.1) is 11.3 Å². The van der Waals surface area contributed by atoms with Crippen molar-refractivity contribution in [1.29, 1.82) is 0 Å². The second-order valence-electron chi connectivity index (χ2n) is 5.93. The van der Waals surface area contributed by atoms with Gasteiger partial charge in [-0.2, -0.15) is 0 Å². The van der Waals surface area contributed by atoms with Gasteiger partial charge < -0.3 is 4.74 Å². The molecule has 0 spiro atoms. The molecule has 28 heavy (non-hydrogen) atoms. The molecule has 0 unspecified atom stereocenters. The molecule has 4 aromatic rings. The first-order valence-corrected chi connectivity index (χ1v) is 9.85. The first-order valence-electron chi connectivity index (χ1n) is 8.22. The normalized spacial score (nSPS) is 11.0. The minimum atomic E-state index is -0.304. The van der Waals surface area contributed by atoms with E-state index >= 15 is 0 Å². The van der Waals surface area contributed by atoms with E-state index in [-0.39, 0.29) is 5.91 Å². The van der Waals surface area contributed by atoms with Gasteiger partial charge in [-0.25, -0.2) is 9.97 Å². The van der Waals surface area contributed by atoms with Gasteiger partial charge in [0.1, 0.15) is 5.69 Å². The van der Waals surface area contributed by atoms with E-state index in [0.717, 1.165) is 5.56 Å². The third-order valence-electron chi connectivity index (χ3n) is 4.16. The Morgan fingerprint density at radius 3 is 2.82 bits per heavy atom. The smallest absolute Gasteiger partial charge is 0.276 e. The van der Waals surface area contributed by atoms with Gasteiger partial charge in [0.05, 0.1) is 23.5 Å². The molecule has 4 rings (SSSR count). The van der Waals surface area contributed by atoms with Crippen molar-refractivity contribution in [3.05, 3.63) is 63.3 Å². The Hall–Kier alpha value is -2.61. The number of aromatic nitrogens is 3. The maximum absolute atomic E-state index is 12.9. The lowest BCUT2D eigenvalue weighted by Gasteiger charge is -2.05. The number of fused-ring (bicyclic) bond motifs is 1. The number of anilines is 1. The maximum atomic E-state index is 12.9. The third-order valence-corrected chi connectivity index (χ3v) is 5.46. The molecule has 0 saturated heterocycles. The van der Waals surface area contributed by atoms with Crippen LogP contribution in [0.2, 0.25) is 10.0 Å². The summed E-state index contributed by atoms with van der Waals surface area (Å²) < 4.78 is 7.02. The number of imidazole rings is 1. The molecule has 0 radical (unpaired) electrons. The number of pyridine rings is 1. The Morgan fingerprint density at radius 1 is 1.25 bits per heavy atom. The number of nitrogens with zero attached hydrogens (tertiary/aromatic N) is 3. The van der Waals surface area contributed by atoms with E-state index in [1.54, 1.807) is 55.0 Å². The summed E-state index contributed by atoms with van der Waals surface area (Å²) in [6, 6.07) is 8.80. The summed E-state index contributed by atoms with van der Waals surface area (Å²) in [6.07, 6.45) is 1.77. The van der Waals surface area contributed by atoms with E-state index < -0.39 is 0 Å². The first kappa shape index (κ1) is 18.7. The molecule has 142 valence electrons. The van der Waals surface area contributed by atoms with Crippen LogP contribution in [-0.4, -0.2) is 27.4 Å². The van der Waals surface area contributed by atoms with Gasteiger partial charge in [0, 0.05) is 22.2 Å². The number of benzene rings is 1. The molecule has 1 aromatic carbocycles. The number of rotatable bonds is 4. The van der Waals surface area contributed by atoms with Crippen LogP contribution in [0, 0.1) is 6.92 Å². The summed E-state index contributed by atoms with van der Waals surface area (Å²) in [5, 5.41) is 6.18. The quantitative estimate of drug-likeness (QED) is 0.472. The van der Waals surface area contributed by atoms with Crippen LogP contribution in [0.25, 0.3) is 16.9 Å². The number of hydrogen-bond acceptors (Lipinski definition) is 5. The SMILES string of the molecule is COc1cccn2c(C(=O)Nc3nc(-c4ccc(Cl)cc4Cl)cs3)c(C)nc12. The fourth-order valence-electron chi connectivity index (χ4n) is 2.90. The van der Waals surface area contributed by atoms with Gasteiger partial charge in [-0.3, -0.25) is 14.5 Å². The van der Waals surface area contributed by atoms with Crippen LogP contribution in [0.4, 0.5) is 5.13 Å². The van der Waals surface area contributed by atoms with Gasteiger partial charge >= 0.3 is 0 Å². The zero-order valence-electron chi connectivity index (χ0n) is 14.9. The van der Waals surface area contributed by atoms with Crippen molar-refractivity contribution in [2.75, 3.05) is 12.4 Å². The Morgan fingerprint density at radius 2 is 2.07 bits per heavy atom. The van der Waals surface area contributed by atoms with Crippen molar-refractivity contribution < 1.29 is 9.53 Å². The number of thiazole rings is 1. The zero-order valence-corrected chi connectivity index (χ0v) is 17.2. The van der Waals surface area contributed by atoms with Crippen LogP contribution in [0.1, 0.15) is 16.2 Å². The number of halogens is 2. The van der Waals surface area contributed by atoms with Crippen LogP contribution in [0.5, 0.6) is 5.75 Å². The zero-order chi connectivity index (χ0) is 19.8. The highest BCUT2D eigenvalue weighted by molar-refractivity contribution is 7.14. The van der Waals surface area contributed by atoms with Gasteiger partial charge in [-0.1, -0.05) is 23.2 Å². The van der Waals surface area contributed by atoms with Crippen molar-refractivity contribution in [2.45, 2.75) is 6.92 Å². The molecule has 0 aliphatic carbocycles. The minimum Gasteiger partial charge on any atom is -0.493 e. The summed E-state index contributed by atoms with van der Waals surface area (Å²) in [5.74, 6) is 0.292. The first-order chi connectivity index (χ1) is 13.5. The fourth-order valence-corrected chi connectivity index (χ4v) is 4.11. The number of hydrogen-bond donors (Lipinski definition) is 1.